The van der Waals surface area contributed by atoms with Gasteiger partial charge in [-0.15, -0.1) is 18.1 Å². The van der Waals surface area contributed by atoms with Gasteiger partial charge >= 0.3 is 16.5 Å². The summed E-state index contributed by atoms with van der Waals surface area (Å²) in [6.45, 7) is -0.397. The molecule has 3 unspecified atom stereocenters. The molecular formula is C21H25N7O10P2+2. The molecule has 2 bridgehead atoms. The molecule has 0 radical (unpaired) electrons. The Bertz CT molecular complexity index is 1460. The Morgan fingerprint density at radius 2 is 1.98 bits per heavy atom. The Kier molecular flexibility index (Phi) is 7.79. The number of fused-ring (bicyclic) bond motifs is 4. The molecule has 3 aromatic heterocycles. The SMILES string of the molecule is CNc1nc2c(ncn2[C@@H]2OC3CO[P+](=O)O[C@H]4C[C@H](Oc5ccncn5)C[C@@H]4CO[P+](=O)O[C@@H]2[C@@H]3O)c(=O)[nH]1. The second kappa shape index (κ2) is 11.5. The molecule has 0 spiro atoms. The number of aliphatic hydroxyl groups excluding tert-OH is 1. The minimum atomic E-state index is -2.75. The summed E-state index contributed by atoms with van der Waals surface area (Å²) in [7, 11) is -3.80. The van der Waals surface area contributed by atoms with Crippen LogP contribution in [0, 0.1) is 5.92 Å². The number of aliphatic hydroxyl groups is 1. The van der Waals surface area contributed by atoms with Gasteiger partial charge in [0, 0.05) is 40.8 Å². The fourth-order valence-corrected chi connectivity index (χ4v) is 6.55. The van der Waals surface area contributed by atoms with Crippen LogP contribution in [0.5, 0.6) is 5.88 Å². The Hall–Kier alpha value is -3.01. The third kappa shape index (κ3) is 5.47. The number of ether oxygens (including phenoxy) is 2. The lowest BCUT2D eigenvalue weighted by Gasteiger charge is -2.17. The topological polar surface area (TPSA) is 211 Å². The molecule has 3 fully saturated rings. The molecule has 2 aliphatic heterocycles. The number of nitrogens with one attached hydrogen (secondary N) is 2. The summed E-state index contributed by atoms with van der Waals surface area (Å²) in [6, 6.07) is 1.62. The van der Waals surface area contributed by atoms with Gasteiger partial charge in [0.2, 0.25) is 11.8 Å². The van der Waals surface area contributed by atoms with Crippen LogP contribution in [0.25, 0.3) is 11.2 Å². The lowest BCUT2D eigenvalue weighted by Crippen LogP contribution is -2.34. The Morgan fingerprint density at radius 1 is 1.15 bits per heavy atom. The van der Waals surface area contributed by atoms with Crippen molar-refractivity contribution in [2.24, 2.45) is 5.92 Å². The minimum Gasteiger partial charge on any atom is -0.474 e. The first-order chi connectivity index (χ1) is 19.4. The van der Waals surface area contributed by atoms with Gasteiger partial charge in [0.05, 0.1) is 6.33 Å². The van der Waals surface area contributed by atoms with Crippen LogP contribution in [0.3, 0.4) is 0 Å². The second-order valence-corrected chi connectivity index (χ2v) is 11.1. The average molecular weight is 597 g/mol. The number of aromatic nitrogens is 6. The third-order valence-electron chi connectivity index (χ3n) is 6.85. The highest BCUT2D eigenvalue weighted by Crippen LogP contribution is 2.44. The highest BCUT2D eigenvalue weighted by Gasteiger charge is 2.53. The van der Waals surface area contributed by atoms with Crippen molar-refractivity contribution in [1.82, 2.24) is 29.5 Å². The van der Waals surface area contributed by atoms with Crippen molar-refractivity contribution >= 4 is 33.6 Å². The summed E-state index contributed by atoms with van der Waals surface area (Å²) in [5.74, 6) is 0.207. The van der Waals surface area contributed by atoms with Crippen molar-refractivity contribution < 1.29 is 41.8 Å². The van der Waals surface area contributed by atoms with Gasteiger partial charge in [-0.3, -0.25) is 14.3 Å². The number of rotatable bonds is 4. The summed E-state index contributed by atoms with van der Waals surface area (Å²) in [5, 5.41) is 13.7. The van der Waals surface area contributed by atoms with Crippen LogP contribution in [-0.2, 0) is 32.0 Å². The predicted molar refractivity (Wildman–Crippen MR) is 134 cm³/mol. The molecule has 1 saturated carbocycles. The highest BCUT2D eigenvalue weighted by molar-refractivity contribution is 7.33. The minimum absolute atomic E-state index is 0.0214. The van der Waals surface area contributed by atoms with Crippen molar-refractivity contribution in [3.63, 3.8) is 0 Å². The Morgan fingerprint density at radius 3 is 2.77 bits per heavy atom. The van der Waals surface area contributed by atoms with Crippen LogP contribution in [-0.4, -0.2) is 85.4 Å². The van der Waals surface area contributed by atoms with E-state index >= 15 is 0 Å². The van der Waals surface area contributed by atoms with Crippen molar-refractivity contribution in [3.05, 3.63) is 35.3 Å². The summed E-state index contributed by atoms with van der Waals surface area (Å²) in [4.78, 5) is 31.3. The number of hydrogen-bond acceptors (Lipinski definition) is 15. The molecule has 40 heavy (non-hydrogen) atoms. The van der Waals surface area contributed by atoms with Crippen molar-refractivity contribution in [2.45, 2.75) is 49.6 Å². The van der Waals surface area contributed by atoms with E-state index in [1.54, 1.807) is 19.3 Å². The van der Waals surface area contributed by atoms with Gasteiger partial charge in [0.25, 0.3) is 5.56 Å². The molecule has 2 saturated heterocycles. The molecule has 0 aromatic carbocycles. The van der Waals surface area contributed by atoms with E-state index in [9.17, 15) is 19.0 Å². The normalized spacial score (nSPS) is 33.1. The van der Waals surface area contributed by atoms with Crippen LogP contribution >= 0.6 is 16.5 Å². The van der Waals surface area contributed by atoms with Gasteiger partial charge in [-0.05, 0) is 6.42 Å². The fraction of sp³-hybridized carbons (Fsp3) is 0.571. The second-order valence-electron chi connectivity index (χ2n) is 9.32. The van der Waals surface area contributed by atoms with Gasteiger partial charge < -0.3 is 19.9 Å². The van der Waals surface area contributed by atoms with E-state index in [0.29, 0.717) is 18.7 Å². The van der Waals surface area contributed by atoms with Gasteiger partial charge in [0.15, 0.2) is 23.5 Å². The standard InChI is InChI=1S/C21H24N7O10P2/c1-22-21-26-18-15(19(30)27-21)25-9-28(18)20-17-16(29)13(36-20)7-34-39(31)37-12-5-11(35-14-2-3-23-8-24-14)4-10(12)6-33-40(32)38-17/h2-3,8-13,16-17,20,29H,4-7H2,1H3,(H-,22,26,27,30)/q+1/p+1/t10-,11-,12+,13?,16-,17-,20-/m1/s1. The first-order valence-corrected chi connectivity index (χ1v) is 14.5. The fourth-order valence-electron chi connectivity index (χ4n) is 4.94. The molecule has 212 valence electrons. The molecule has 6 rings (SSSR count). The van der Waals surface area contributed by atoms with Crippen LogP contribution in [0.2, 0.25) is 0 Å². The first-order valence-electron chi connectivity index (χ1n) is 12.3. The van der Waals surface area contributed by atoms with Crippen molar-refractivity contribution in [2.75, 3.05) is 25.6 Å². The van der Waals surface area contributed by atoms with E-state index in [2.05, 4.69) is 30.2 Å². The summed E-state index contributed by atoms with van der Waals surface area (Å²) < 4.78 is 61.2. The van der Waals surface area contributed by atoms with Gasteiger partial charge in [0.1, 0.15) is 44.0 Å². The van der Waals surface area contributed by atoms with Crippen molar-refractivity contribution in [1.29, 1.82) is 0 Å². The number of anilines is 1. The monoisotopic (exact) mass is 597 g/mol. The molecule has 0 amide bonds. The summed E-state index contributed by atoms with van der Waals surface area (Å²) >= 11 is 0. The maximum atomic E-state index is 12.9. The van der Waals surface area contributed by atoms with Crippen LogP contribution in [0.15, 0.2) is 29.7 Å². The Labute approximate surface area is 227 Å². The first kappa shape index (κ1) is 27.2. The summed E-state index contributed by atoms with van der Waals surface area (Å²) in [6.07, 6.45) is -0.687. The lowest BCUT2D eigenvalue weighted by atomic mass is 10.1. The van der Waals surface area contributed by atoms with E-state index in [1.165, 1.54) is 17.2 Å². The van der Waals surface area contributed by atoms with Crippen molar-refractivity contribution in [3.8, 4) is 5.88 Å². The largest absolute Gasteiger partial charge is 0.697 e. The Balaban J connectivity index is 1.23. The van der Waals surface area contributed by atoms with E-state index < -0.39 is 52.7 Å². The molecular weight excluding hydrogens is 572 g/mol. The van der Waals surface area contributed by atoms with Crippen LogP contribution in [0.4, 0.5) is 5.95 Å². The third-order valence-corrected chi connectivity index (χ3v) is 8.43. The molecule has 19 heteroatoms. The molecule has 3 N–H and O–H groups in total. The van der Waals surface area contributed by atoms with Gasteiger partial charge in [-0.1, -0.05) is 0 Å². The lowest BCUT2D eigenvalue weighted by molar-refractivity contribution is -0.0481. The van der Waals surface area contributed by atoms with E-state index in [4.69, 9.17) is 27.6 Å². The highest BCUT2D eigenvalue weighted by atomic mass is 31.1. The van der Waals surface area contributed by atoms with Gasteiger partial charge in [-0.25, -0.2) is 15.0 Å². The molecule has 9 atom stereocenters. The predicted octanol–water partition coefficient (Wildman–Crippen LogP) is 1.20. The molecule has 3 aliphatic rings. The van der Waals surface area contributed by atoms with Crippen LogP contribution < -0.4 is 15.6 Å². The zero-order valence-electron chi connectivity index (χ0n) is 20.9. The average Bonchev–Trinajstić information content (AvgIpc) is 3.62. The number of imidazole rings is 1. The molecule has 5 heterocycles. The van der Waals surface area contributed by atoms with E-state index in [0.717, 1.165) is 0 Å². The van der Waals surface area contributed by atoms with E-state index in [1.807, 2.05) is 0 Å². The number of nitrogens with zero attached hydrogens (tertiary/aromatic N) is 5. The number of hydrogen-bond donors (Lipinski definition) is 3. The number of aromatic amines is 1. The summed E-state index contributed by atoms with van der Waals surface area (Å²) in [5.41, 5.74) is -0.341. The van der Waals surface area contributed by atoms with E-state index in [-0.39, 0.29) is 42.3 Å². The quantitative estimate of drug-likeness (QED) is 0.361. The zero-order valence-corrected chi connectivity index (χ0v) is 22.7. The zero-order chi connectivity index (χ0) is 27.8. The maximum absolute atomic E-state index is 12.9. The molecule has 1 aliphatic carbocycles. The smallest absolute Gasteiger partial charge is 0.474 e. The number of H-pyrrole nitrogens is 1. The van der Waals surface area contributed by atoms with Gasteiger partial charge in [-0.2, -0.15) is 4.98 Å². The maximum Gasteiger partial charge on any atom is 0.697 e. The molecule has 17 nitrogen and oxygen atoms in total. The molecule has 3 aromatic rings. The van der Waals surface area contributed by atoms with Crippen LogP contribution in [0.1, 0.15) is 19.1 Å².